The number of carbonyl (C=O) groups excluding carboxylic acids is 1. The van der Waals surface area contributed by atoms with Crippen LogP contribution in [0, 0.1) is 0 Å². The van der Waals surface area contributed by atoms with Crippen molar-refractivity contribution in [3.8, 4) is 5.75 Å². The third-order valence-corrected chi connectivity index (χ3v) is 4.81. The van der Waals surface area contributed by atoms with Crippen molar-refractivity contribution < 1.29 is 19.0 Å². The van der Waals surface area contributed by atoms with Gasteiger partial charge in [-0.3, -0.25) is 10.2 Å². The fraction of sp³-hybridized carbons (Fsp3) is 0.667. The van der Waals surface area contributed by atoms with Crippen molar-refractivity contribution in [1.82, 2.24) is 9.80 Å². The zero-order chi connectivity index (χ0) is 20.2. The molecular formula is C21H35N3O4. The van der Waals surface area contributed by atoms with E-state index in [9.17, 15) is 4.79 Å². The summed E-state index contributed by atoms with van der Waals surface area (Å²) in [5, 5.41) is 2.82. The van der Waals surface area contributed by atoms with Crippen molar-refractivity contribution in [1.29, 1.82) is 0 Å². The summed E-state index contributed by atoms with van der Waals surface area (Å²) < 4.78 is 16.7. The highest BCUT2D eigenvalue weighted by Gasteiger charge is 2.22. The Morgan fingerprint density at radius 2 is 1.93 bits per heavy atom. The molecule has 1 atom stereocenters. The van der Waals surface area contributed by atoms with Crippen LogP contribution in [0.25, 0.3) is 0 Å². The number of piperazine rings is 1. The molecule has 0 spiro atoms. The van der Waals surface area contributed by atoms with Crippen molar-refractivity contribution in [3.63, 3.8) is 0 Å². The number of rotatable bonds is 11. The molecule has 1 aromatic rings. The maximum absolute atomic E-state index is 12.4. The molecule has 0 bridgehead atoms. The molecule has 0 aromatic heterocycles. The summed E-state index contributed by atoms with van der Waals surface area (Å²) in [6.45, 7) is 7.82. The molecule has 0 radical (unpaired) electrons. The summed E-state index contributed by atoms with van der Waals surface area (Å²) in [6, 6.07) is 7.44. The Morgan fingerprint density at radius 1 is 1.18 bits per heavy atom. The lowest BCUT2D eigenvalue weighted by Crippen LogP contribution is -2.48. The Labute approximate surface area is 168 Å². The predicted octanol–water partition coefficient (Wildman–Crippen LogP) is 3.07. The molecule has 1 aromatic carbocycles. The zero-order valence-corrected chi connectivity index (χ0v) is 17.5. The second kappa shape index (κ2) is 12.6. The number of methoxy groups -OCH3 is 1. The van der Waals surface area contributed by atoms with Gasteiger partial charge in [0.1, 0.15) is 11.9 Å². The zero-order valence-electron chi connectivity index (χ0n) is 17.5. The number of para-hydroxylation sites is 2. The maximum Gasteiger partial charge on any atom is 0.412 e. The number of benzene rings is 1. The van der Waals surface area contributed by atoms with Gasteiger partial charge >= 0.3 is 6.09 Å². The lowest BCUT2D eigenvalue weighted by atomic mass is 10.2. The molecule has 7 heteroatoms. The van der Waals surface area contributed by atoms with Gasteiger partial charge in [0.25, 0.3) is 0 Å². The summed E-state index contributed by atoms with van der Waals surface area (Å²) in [6.07, 6.45) is 2.47. The quantitative estimate of drug-likeness (QED) is 0.583. The third kappa shape index (κ3) is 8.04. The van der Waals surface area contributed by atoms with Gasteiger partial charge < -0.3 is 19.1 Å². The molecule has 158 valence electrons. The van der Waals surface area contributed by atoms with Gasteiger partial charge in [-0.05, 0) is 25.6 Å². The number of carbonyl (C=O) groups is 1. The number of nitrogens with one attached hydrogen (secondary N) is 1. The van der Waals surface area contributed by atoms with E-state index in [-0.39, 0.29) is 6.10 Å². The van der Waals surface area contributed by atoms with E-state index in [1.807, 2.05) is 24.3 Å². The third-order valence-electron chi connectivity index (χ3n) is 4.81. The van der Waals surface area contributed by atoms with Crippen molar-refractivity contribution in [3.05, 3.63) is 24.3 Å². The summed E-state index contributed by atoms with van der Waals surface area (Å²) in [7, 11) is 3.74. The Kier molecular flexibility index (Phi) is 10.1. The fourth-order valence-electron chi connectivity index (χ4n) is 3.15. The van der Waals surface area contributed by atoms with Crippen LogP contribution in [0.5, 0.6) is 5.75 Å². The van der Waals surface area contributed by atoms with Crippen LogP contribution in [0.4, 0.5) is 10.5 Å². The van der Waals surface area contributed by atoms with Crippen LogP contribution in [0.15, 0.2) is 24.3 Å². The highest BCUT2D eigenvalue weighted by molar-refractivity contribution is 5.86. The Bertz CT molecular complexity index is 577. The summed E-state index contributed by atoms with van der Waals surface area (Å²) in [5.41, 5.74) is 0.625. The van der Waals surface area contributed by atoms with E-state index in [1.165, 1.54) is 0 Å². The number of unbranched alkanes of at least 4 members (excludes halogenated alkanes) is 2. The largest absolute Gasteiger partial charge is 0.491 e. The van der Waals surface area contributed by atoms with Crippen LogP contribution in [0.3, 0.4) is 0 Å². The number of anilines is 1. The summed E-state index contributed by atoms with van der Waals surface area (Å²) in [5.74, 6) is 0.665. The molecule has 1 fully saturated rings. The first-order valence-corrected chi connectivity index (χ1v) is 10.2. The molecule has 1 saturated heterocycles. The van der Waals surface area contributed by atoms with Gasteiger partial charge in [0.2, 0.25) is 0 Å². The lowest BCUT2D eigenvalue weighted by molar-refractivity contribution is 0.0157. The van der Waals surface area contributed by atoms with E-state index in [2.05, 4.69) is 29.1 Å². The second-order valence-corrected chi connectivity index (χ2v) is 7.26. The Balaban J connectivity index is 1.86. The average Bonchev–Trinajstić information content (AvgIpc) is 2.68. The molecule has 1 N–H and O–H groups in total. The molecule has 2 rings (SSSR count). The first-order chi connectivity index (χ1) is 13.6. The molecule has 1 heterocycles. The molecule has 1 unspecified atom stereocenters. The molecule has 0 aliphatic carbocycles. The molecule has 1 amide bonds. The van der Waals surface area contributed by atoms with E-state index in [0.29, 0.717) is 31.2 Å². The van der Waals surface area contributed by atoms with E-state index < -0.39 is 6.09 Å². The van der Waals surface area contributed by atoms with E-state index >= 15 is 0 Å². The van der Waals surface area contributed by atoms with Gasteiger partial charge in [-0.2, -0.15) is 0 Å². The standard InChI is InChI=1S/C21H35N3O4/c1-4-5-8-15-27-20-10-7-6-9-19(20)22-21(25)28-18(17-26-3)16-24-13-11-23(2)12-14-24/h6-7,9-10,18H,4-5,8,11-17H2,1-3H3,(H,22,25). The predicted molar refractivity (Wildman–Crippen MR) is 111 cm³/mol. The minimum absolute atomic E-state index is 0.314. The van der Waals surface area contributed by atoms with Crippen LogP contribution < -0.4 is 10.1 Å². The number of hydrogen-bond acceptors (Lipinski definition) is 6. The number of hydrogen-bond donors (Lipinski definition) is 1. The van der Waals surface area contributed by atoms with Crippen LogP contribution in [-0.2, 0) is 9.47 Å². The van der Waals surface area contributed by atoms with Gasteiger partial charge in [-0.15, -0.1) is 0 Å². The van der Waals surface area contributed by atoms with Crippen LogP contribution >= 0.6 is 0 Å². The Morgan fingerprint density at radius 3 is 2.64 bits per heavy atom. The van der Waals surface area contributed by atoms with E-state index in [4.69, 9.17) is 14.2 Å². The number of amides is 1. The van der Waals surface area contributed by atoms with Gasteiger partial charge in [0, 0.05) is 39.8 Å². The SMILES string of the molecule is CCCCCOc1ccccc1NC(=O)OC(COC)CN1CCN(C)CC1. The van der Waals surface area contributed by atoms with Gasteiger partial charge in [-0.25, -0.2) is 4.79 Å². The number of likely N-dealkylation sites (N-methyl/N-ethyl adjacent to an activating group) is 1. The van der Waals surface area contributed by atoms with E-state index in [1.54, 1.807) is 7.11 Å². The normalized spacial score (nSPS) is 16.5. The van der Waals surface area contributed by atoms with Crippen molar-refractivity contribution in [2.24, 2.45) is 0 Å². The topological polar surface area (TPSA) is 63.3 Å². The molecule has 7 nitrogen and oxygen atoms in total. The lowest BCUT2D eigenvalue weighted by Gasteiger charge is -2.34. The Hall–Kier alpha value is -1.83. The first kappa shape index (κ1) is 22.5. The van der Waals surface area contributed by atoms with Crippen molar-refractivity contribution in [2.45, 2.75) is 32.3 Å². The molecule has 28 heavy (non-hydrogen) atoms. The molecule has 1 aliphatic rings. The van der Waals surface area contributed by atoms with E-state index in [0.717, 1.165) is 45.4 Å². The summed E-state index contributed by atoms with van der Waals surface area (Å²) >= 11 is 0. The smallest absolute Gasteiger partial charge is 0.412 e. The maximum atomic E-state index is 12.4. The highest BCUT2D eigenvalue weighted by atomic mass is 16.6. The van der Waals surface area contributed by atoms with Crippen molar-refractivity contribution in [2.75, 3.05) is 65.4 Å². The molecule has 0 saturated carbocycles. The van der Waals surface area contributed by atoms with Crippen molar-refractivity contribution >= 4 is 11.8 Å². The highest BCUT2D eigenvalue weighted by Crippen LogP contribution is 2.24. The van der Waals surface area contributed by atoms with Gasteiger partial charge in [-0.1, -0.05) is 31.9 Å². The van der Waals surface area contributed by atoms with Crippen LogP contribution in [-0.4, -0.2) is 82.1 Å². The minimum atomic E-state index is -0.485. The second-order valence-electron chi connectivity index (χ2n) is 7.26. The van der Waals surface area contributed by atoms with Gasteiger partial charge in [0.05, 0.1) is 18.9 Å². The minimum Gasteiger partial charge on any atom is -0.491 e. The van der Waals surface area contributed by atoms with Crippen LogP contribution in [0.1, 0.15) is 26.2 Å². The van der Waals surface area contributed by atoms with Crippen LogP contribution in [0.2, 0.25) is 0 Å². The monoisotopic (exact) mass is 393 g/mol. The first-order valence-electron chi connectivity index (χ1n) is 10.2. The summed E-state index contributed by atoms with van der Waals surface area (Å²) in [4.78, 5) is 17.1. The number of ether oxygens (including phenoxy) is 3. The fourth-order valence-corrected chi connectivity index (χ4v) is 3.15. The molecular weight excluding hydrogens is 358 g/mol. The molecule has 1 aliphatic heterocycles. The number of nitrogens with zero attached hydrogens (tertiary/aromatic N) is 2. The average molecular weight is 394 g/mol. The van der Waals surface area contributed by atoms with Gasteiger partial charge in [0.15, 0.2) is 0 Å².